The molecule has 140 valence electrons. The zero-order valence-electron chi connectivity index (χ0n) is 15.4. The molecule has 3 aromatic rings. The molecule has 1 heterocycles. The topological polar surface area (TPSA) is 73.2 Å². The van der Waals surface area contributed by atoms with Crippen LogP contribution < -0.4 is 20.1 Å². The molecule has 0 aliphatic carbocycles. The molecule has 1 aromatic heterocycles. The first-order chi connectivity index (χ1) is 13.1. The van der Waals surface area contributed by atoms with Crippen molar-refractivity contribution in [3.8, 4) is 11.5 Å². The average Bonchev–Trinajstić information content (AvgIpc) is 3.10. The maximum atomic E-state index is 5.35. The van der Waals surface area contributed by atoms with E-state index in [1.807, 2.05) is 12.1 Å². The van der Waals surface area contributed by atoms with E-state index in [1.165, 1.54) is 5.56 Å². The zero-order chi connectivity index (χ0) is 19.2. The van der Waals surface area contributed by atoms with Crippen LogP contribution in [0, 0.1) is 6.92 Å². The minimum atomic E-state index is 0.367. The third-order valence-corrected chi connectivity index (χ3v) is 4.09. The van der Waals surface area contributed by atoms with Gasteiger partial charge < -0.3 is 14.8 Å². The highest BCUT2D eigenvalue weighted by Crippen LogP contribution is 2.29. The molecule has 0 amide bonds. The number of thiocarbonyl (C=S) groups is 1. The summed E-state index contributed by atoms with van der Waals surface area (Å²) in [5.74, 6) is 1.75. The fourth-order valence-electron chi connectivity index (χ4n) is 2.47. The summed E-state index contributed by atoms with van der Waals surface area (Å²) in [4.78, 5) is 4.24. The number of aryl methyl sites for hydroxylation is 1. The van der Waals surface area contributed by atoms with Gasteiger partial charge >= 0.3 is 0 Å². The maximum absolute atomic E-state index is 5.35. The Morgan fingerprint density at radius 1 is 1.07 bits per heavy atom. The van der Waals surface area contributed by atoms with Crippen LogP contribution in [0.3, 0.4) is 0 Å². The Balaban J connectivity index is 1.61. The summed E-state index contributed by atoms with van der Waals surface area (Å²) in [5, 5.41) is 10.8. The number of rotatable bonds is 6. The second-order valence-corrected chi connectivity index (χ2v) is 6.30. The van der Waals surface area contributed by atoms with Gasteiger partial charge in [-0.1, -0.05) is 29.8 Å². The van der Waals surface area contributed by atoms with Crippen LogP contribution >= 0.6 is 12.2 Å². The number of benzene rings is 2. The molecule has 0 bridgehead atoms. The Kier molecular flexibility index (Phi) is 5.87. The Morgan fingerprint density at radius 2 is 1.85 bits per heavy atom. The quantitative estimate of drug-likeness (QED) is 0.632. The van der Waals surface area contributed by atoms with Crippen LogP contribution in [0.15, 0.2) is 48.8 Å². The predicted octanol–water partition coefficient (Wildman–Crippen LogP) is 3.46. The van der Waals surface area contributed by atoms with Gasteiger partial charge in [-0.3, -0.25) is 5.32 Å². The summed E-state index contributed by atoms with van der Waals surface area (Å²) < 4.78 is 12.3. The van der Waals surface area contributed by atoms with E-state index in [2.05, 4.69) is 51.9 Å². The molecule has 27 heavy (non-hydrogen) atoms. The molecule has 0 aliphatic heterocycles. The summed E-state index contributed by atoms with van der Waals surface area (Å²) in [6.07, 6.45) is 1.67. The molecule has 0 fully saturated rings. The van der Waals surface area contributed by atoms with Gasteiger partial charge in [0, 0.05) is 6.07 Å². The number of hydrogen-bond acceptors (Lipinski definition) is 5. The lowest BCUT2D eigenvalue weighted by molar-refractivity contribution is 0.395. The van der Waals surface area contributed by atoms with Crippen LogP contribution in [0.5, 0.6) is 11.5 Å². The minimum absolute atomic E-state index is 0.367. The summed E-state index contributed by atoms with van der Waals surface area (Å²) >= 11 is 5.34. The van der Waals surface area contributed by atoms with E-state index in [4.69, 9.17) is 21.7 Å². The lowest BCUT2D eigenvalue weighted by Gasteiger charge is -2.13. The molecule has 3 rings (SSSR count). The minimum Gasteiger partial charge on any atom is -0.497 e. The molecule has 0 spiro atoms. The monoisotopic (exact) mass is 383 g/mol. The van der Waals surface area contributed by atoms with Crippen LogP contribution in [0.2, 0.25) is 0 Å². The highest BCUT2D eigenvalue weighted by Gasteiger charge is 2.09. The molecule has 7 nitrogen and oxygen atoms in total. The molecule has 0 unspecified atom stereocenters. The number of anilines is 2. The molecule has 0 saturated carbocycles. The fourth-order valence-corrected chi connectivity index (χ4v) is 2.67. The van der Waals surface area contributed by atoms with Gasteiger partial charge in [-0.2, -0.15) is 0 Å². The van der Waals surface area contributed by atoms with Gasteiger partial charge in [0.15, 0.2) is 5.11 Å². The number of nitrogens with zero attached hydrogens (tertiary/aromatic N) is 3. The van der Waals surface area contributed by atoms with Crippen LogP contribution in [-0.2, 0) is 6.54 Å². The van der Waals surface area contributed by atoms with Gasteiger partial charge in [-0.25, -0.2) is 9.67 Å². The number of aromatic nitrogens is 3. The average molecular weight is 383 g/mol. The lowest BCUT2D eigenvalue weighted by atomic mass is 10.1. The van der Waals surface area contributed by atoms with E-state index >= 15 is 0 Å². The fraction of sp³-hybridized carbons (Fsp3) is 0.211. The molecular weight excluding hydrogens is 362 g/mol. The normalized spacial score (nSPS) is 10.3. The summed E-state index contributed by atoms with van der Waals surface area (Å²) in [5.41, 5.74) is 3.10. The van der Waals surface area contributed by atoms with Crippen LogP contribution in [0.1, 0.15) is 11.1 Å². The van der Waals surface area contributed by atoms with Crippen LogP contribution in [0.4, 0.5) is 11.6 Å². The van der Waals surface area contributed by atoms with E-state index in [1.54, 1.807) is 31.3 Å². The van der Waals surface area contributed by atoms with Crippen molar-refractivity contribution < 1.29 is 9.47 Å². The van der Waals surface area contributed by atoms with E-state index in [0.717, 1.165) is 11.3 Å². The van der Waals surface area contributed by atoms with Gasteiger partial charge in [-0.05, 0) is 36.8 Å². The van der Waals surface area contributed by atoms with Crippen molar-refractivity contribution in [1.29, 1.82) is 0 Å². The first-order valence-electron chi connectivity index (χ1n) is 8.32. The van der Waals surface area contributed by atoms with Crippen LogP contribution in [0.25, 0.3) is 0 Å². The summed E-state index contributed by atoms with van der Waals surface area (Å²) in [7, 11) is 3.19. The Bertz CT molecular complexity index is 924. The second-order valence-electron chi connectivity index (χ2n) is 5.90. The largest absolute Gasteiger partial charge is 0.497 e. The standard InChI is InChI=1S/C19H21N5O2S/c1-13-4-6-14(7-5-13)11-24-12-20-18(23-24)22-19(27)21-16-9-8-15(25-2)10-17(16)26-3/h4-10,12H,11H2,1-3H3,(H2,21,22,23,27). The lowest BCUT2D eigenvalue weighted by Crippen LogP contribution is -2.20. The summed E-state index contributed by atoms with van der Waals surface area (Å²) in [6, 6.07) is 13.7. The van der Waals surface area contributed by atoms with Gasteiger partial charge in [-0.15, -0.1) is 5.10 Å². The van der Waals surface area contributed by atoms with E-state index in [9.17, 15) is 0 Å². The van der Waals surface area contributed by atoms with Crippen molar-refractivity contribution in [3.05, 3.63) is 59.9 Å². The van der Waals surface area contributed by atoms with Gasteiger partial charge in [0.2, 0.25) is 5.95 Å². The summed E-state index contributed by atoms with van der Waals surface area (Å²) in [6.45, 7) is 2.70. The molecule has 2 aromatic carbocycles. The van der Waals surface area contributed by atoms with Gasteiger partial charge in [0.25, 0.3) is 0 Å². The zero-order valence-corrected chi connectivity index (χ0v) is 16.2. The SMILES string of the molecule is COc1ccc(NC(=S)Nc2ncn(Cc3ccc(C)cc3)n2)c(OC)c1. The van der Waals surface area contributed by atoms with Gasteiger partial charge in [0.1, 0.15) is 17.8 Å². The Labute approximate surface area is 163 Å². The Morgan fingerprint density at radius 3 is 2.56 bits per heavy atom. The number of methoxy groups -OCH3 is 2. The molecular formula is C19H21N5O2S. The van der Waals surface area contributed by atoms with Crippen molar-refractivity contribution >= 4 is 29.0 Å². The van der Waals surface area contributed by atoms with Crippen molar-refractivity contribution in [2.75, 3.05) is 24.9 Å². The first kappa shape index (κ1) is 18.7. The van der Waals surface area contributed by atoms with Crippen molar-refractivity contribution in [1.82, 2.24) is 14.8 Å². The van der Waals surface area contributed by atoms with E-state index in [0.29, 0.717) is 29.1 Å². The predicted molar refractivity (Wildman–Crippen MR) is 110 cm³/mol. The van der Waals surface area contributed by atoms with Crippen molar-refractivity contribution in [2.24, 2.45) is 0 Å². The van der Waals surface area contributed by atoms with Crippen molar-refractivity contribution in [2.45, 2.75) is 13.5 Å². The molecule has 0 saturated heterocycles. The maximum Gasteiger partial charge on any atom is 0.248 e. The molecule has 8 heteroatoms. The van der Waals surface area contributed by atoms with Crippen LogP contribution in [-0.4, -0.2) is 34.1 Å². The molecule has 0 atom stereocenters. The molecule has 0 aliphatic rings. The molecule has 0 radical (unpaired) electrons. The van der Waals surface area contributed by atoms with E-state index in [-0.39, 0.29) is 0 Å². The number of ether oxygens (including phenoxy) is 2. The number of hydrogen-bond donors (Lipinski definition) is 2. The smallest absolute Gasteiger partial charge is 0.248 e. The molecule has 2 N–H and O–H groups in total. The second kappa shape index (κ2) is 8.50. The highest BCUT2D eigenvalue weighted by atomic mass is 32.1. The first-order valence-corrected chi connectivity index (χ1v) is 8.73. The third kappa shape index (κ3) is 4.95. The Hall–Kier alpha value is -3.13. The van der Waals surface area contributed by atoms with Gasteiger partial charge in [0.05, 0.1) is 26.5 Å². The third-order valence-electron chi connectivity index (χ3n) is 3.88. The van der Waals surface area contributed by atoms with Crippen molar-refractivity contribution in [3.63, 3.8) is 0 Å². The number of nitrogens with one attached hydrogen (secondary N) is 2. The highest BCUT2D eigenvalue weighted by molar-refractivity contribution is 7.80. The van der Waals surface area contributed by atoms with E-state index < -0.39 is 0 Å².